The first-order valence-electron chi connectivity index (χ1n) is 7.00. The van der Waals surface area contributed by atoms with Crippen LogP contribution in [0, 0.1) is 20.8 Å². The van der Waals surface area contributed by atoms with E-state index in [0.29, 0.717) is 16.7 Å². The van der Waals surface area contributed by atoms with Crippen LogP contribution in [0.5, 0.6) is 0 Å². The molecule has 0 saturated carbocycles. The van der Waals surface area contributed by atoms with Crippen molar-refractivity contribution in [1.82, 2.24) is 5.32 Å². The van der Waals surface area contributed by atoms with E-state index in [1.807, 2.05) is 39.0 Å². The minimum atomic E-state index is -0.0674. The van der Waals surface area contributed by atoms with Crippen LogP contribution in [-0.2, 0) is 6.42 Å². The second kappa shape index (κ2) is 6.94. The molecular weight excluding hydrogens is 330 g/mol. The van der Waals surface area contributed by atoms with Gasteiger partial charge >= 0.3 is 0 Å². The van der Waals surface area contributed by atoms with Gasteiger partial charge in [-0.1, -0.05) is 46.3 Å². The number of rotatable bonds is 5. The van der Waals surface area contributed by atoms with Crippen LogP contribution in [-0.4, -0.2) is 17.3 Å². The van der Waals surface area contributed by atoms with Gasteiger partial charge in [-0.2, -0.15) is 0 Å². The smallest absolute Gasteiger partial charge is 0.255 e. The molecule has 1 heterocycles. The summed E-state index contributed by atoms with van der Waals surface area (Å²) in [5.41, 5.74) is 2.78. The van der Waals surface area contributed by atoms with Gasteiger partial charge in [0.05, 0.1) is 5.56 Å². The Bertz CT molecular complexity index is 619. The molecule has 1 aromatic carbocycles. The largest absolute Gasteiger partial charge is 0.466 e. The van der Waals surface area contributed by atoms with Gasteiger partial charge in [-0.05, 0) is 32.8 Å². The van der Waals surface area contributed by atoms with Crippen molar-refractivity contribution < 1.29 is 9.21 Å². The van der Waals surface area contributed by atoms with E-state index in [-0.39, 0.29) is 11.9 Å². The second-order valence-electron chi connectivity index (χ2n) is 5.23. The maximum Gasteiger partial charge on any atom is 0.255 e. The lowest BCUT2D eigenvalue weighted by Crippen LogP contribution is -2.38. The summed E-state index contributed by atoms with van der Waals surface area (Å²) in [7, 11) is 0. The summed E-state index contributed by atoms with van der Waals surface area (Å²) >= 11 is 3.48. The Morgan fingerprint density at radius 2 is 1.86 bits per heavy atom. The van der Waals surface area contributed by atoms with Crippen molar-refractivity contribution in [1.29, 1.82) is 0 Å². The van der Waals surface area contributed by atoms with Crippen LogP contribution in [0.15, 0.2) is 34.7 Å². The zero-order valence-electron chi connectivity index (χ0n) is 12.6. The highest BCUT2D eigenvalue weighted by Gasteiger charge is 2.21. The number of nitrogens with one attached hydrogen (secondary N) is 1. The Labute approximate surface area is 133 Å². The molecule has 0 bridgehead atoms. The molecule has 0 spiro atoms. The maximum absolute atomic E-state index is 12.5. The molecule has 1 N–H and O–H groups in total. The fourth-order valence-electron chi connectivity index (χ4n) is 2.43. The Hall–Kier alpha value is -1.55. The van der Waals surface area contributed by atoms with Gasteiger partial charge in [-0.25, -0.2) is 0 Å². The molecule has 21 heavy (non-hydrogen) atoms. The summed E-state index contributed by atoms with van der Waals surface area (Å²) in [6.07, 6.45) is 0.798. The van der Waals surface area contributed by atoms with Gasteiger partial charge in [-0.15, -0.1) is 0 Å². The van der Waals surface area contributed by atoms with Crippen molar-refractivity contribution in [2.45, 2.75) is 33.2 Å². The van der Waals surface area contributed by atoms with E-state index in [1.54, 1.807) is 0 Å². The van der Waals surface area contributed by atoms with Crippen molar-refractivity contribution in [3.8, 4) is 0 Å². The van der Waals surface area contributed by atoms with E-state index in [0.717, 1.165) is 17.7 Å². The van der Waals surface area contributed by atoms with Crippen LogP contribution in [0.3, 0.4) is 0 Å². The molecule has 1 aromatic heterocycles. The van der Waals surface area contributed by atoms with E-state index in [9.17, 15) is 4.79 Å². The van der Waals surface area contributed by atoms with E-state index < -0.39 is 0 Å². The molecule has 0 fully saturated rings. The third kappa shape index (κ3) is 3.76. The van der Waals surface area contributed by atoms with Crippen molar-refractivity contribution in [2.75, 3.05) is 5.33 Å². The lowest BCUT2D eigenvalue weighted by atomic mass is 10.1. The zero-order chi connectivity index (χ0) is 15.4. The van der Waals surface area contributed by atoms with Crippen LogP contribution >= 0.6 is 15.9 Å². The topological polar surface area (TPSA) is 42.2 Å². The first-order chi connectivity index (χ1) is 10.0. The van der Waals surface area contributed by atoms with Crippen LogP contribution in [0.4, 0.5) is 0 Å². The van der Waals surface area contributed by atoms with Gasteiger partial charge in [0.15, 0.2) is 0 Å². The molecule has 2 rings (SSSR count). The van der Waals surface area contributed by atoms with Gasteiger partial charge < -0.3 is 9.73 Å². The lowest BCUT2D eigenvalue weighted by Gasteiger charge is -2.16. The van der Waals surface area contributed by atoms with Crippen molar-refractivity contribution in [3.05, 3.63) is 58.5 Å². The molecule has 112 valence electrons. The average molecular weight is 350 g/mol. The number of benzene rings is 1. The minimum absolute atomic E-state index is 0.0499. The predicted octanol–water partition coefficient (Wildman–Crippen LogP) is 3.94. The van der Waals surface area contributed by atoms with E-state index >= 15 is 0 Å². The normalized spacial score (nSPS) is 12.2. The van der Waals surface area contributed by atoms with E-state index in [4.69, 9.17) is 4.42 Å². The number of alkyl halides is 1. The van der Waals surface area contributed by atoms with Gasteiger partial charge in [0, 0.05) is 16.9 Å². The summed E-state index contributed by atoms with van der Waals surface area (Å²) in [6, 6.07) is 10.2. The molecule has 2 aromatic rings. The molecule has 0 radical (unpaired) electrons. The Morgan fingerprint density at radius 1 is 1.19 bits per heavy atom. The number of hydrogen-bond acceptors (Lipinski definition) is 2. The summed E-state index contributed by atoms with van der Waals surface area (Å²) < 4.78 is 5.53. The van der Waals surface area contributed by atoms with Gasteiger partial charge in [0.1, 0.15) is 11.5 Å². The van der Waals surface area contributed by atoms with Gasteiger partial charge in [-0.3, -0.25) is 4.79 Å². The second-order valence-corrected chi connectivity index (χ2v) is 5.88. The zero-order valence-corrected chi connectivity index (χ0v) is 14.2. The summed E-state index contributed by atoms with van der Waals surface area (Å²) in [4.78, 5) is 12.5. The third-order valence-electron chi connectivity index (χ3n) is 3.63. The standard InChI is InChI=1S/C17H20BrNO2/c1-11-12(2)21-13(3)16(11)17(20)19-15(10-18)9-14-7-5-4-6-8-14/h4-8,15H,9-10H2,1-3H3,(H,19,20). The number of amides is 1. The molecule has 1 unspecified atom stereocenters. The molecular formula is C17H20BrNO2. The lowest BCUT2D eigenvalue weighted by molar-refractivity contribution is 0.0939. The van der Waals surface area contributed by atoms with Crippen LogP contribution < -0.4 is 5.32 Å². The minimum Gasteiger partial charge on any atom is -0.466 e. The SMILES string of the molecule is Cc1oc(C)c(C(=O)NC(CBr)Cc2ccccc2)c1C. The number of aryl methyl sites for hydroxylation is 2. The first kappa shape index (κ1) is 15.8. The highest BCUT2D eigenvalue weighted by Crippen LogP contribution is 2.20. The molecule has 1 amide bonds. The predicted molar refractivity (Wildman–Crippen MR) is 88.1 cm³/mol. The summed E-state index contributed by atoms with van der Waals surface area (Å²) in [5, 5.41) is 3.79. The molecule has 0 aliphatic carbocycles. The first-order valence-corrected chi connectivity index (χ1v) is 8.12. The van der Waals surface area contributed by atoms with Gasteiger partial charge in [0.25, 0.3) is 5.91 Å². The maximum atomic E-state index is 12.5. The Kier molecular flexibility index (Phi) is 5.23. The molecule has 4 heteroatoms. The number of halogens is 1. The molecule has 3 nitrogen and oxygen atoms in total. The summed E-state index contributed by atoms with van der Waals surface area (Å²) in [6.45, 7) is 5.63. The van der Waals surface area contributed by atoms with Crippen LogP contribution in [0.25, 0.3) is 0 Å². The molecule has 0 saturated heterocycles. The van der Waals surface area contributed by atoms with E-state index in [1.165, 1.54) is 5.56 Å². The van der Waals surface area contributed by atoms with Crippen LogP contribution in [0.2, 0.25) is 0 Å². The van der Waals surface area contributed by atoms with E-state index in [2.05, 4.69) is 33.4 Å². The number of furan rings is 1. The van der Waals surface area contributed by atoms with Crippen molar-refractivity contribution in [2.24, 2.45) is 0 Å². The molecule has 0 aliphatic rings. The molecule has 1 atom stereocenters. The highest BCUT2D eigenvalue weighted by atomic mass is 79.9. The Morgan fingerprint density at radius 3 is 2.38 bits per heavy atom. The molecule has 0 aliphatic heterocycles. The third-order valence-corrected chi connectivity index (χ3v) is 4.42. The fourth-order valence-corrected chi connectivity index (χ4v) is 2.82. The fraction of sp³-hybridized carbons (Fsp3) is 0.353. The van der Waals surface area contributed by atoms with Crippen molar-refractivity contribution >= 4 is 21.8 Å². The van der Waals surface area contributed by atoms with Crippen molar-refractivity contribution in [3.63, 3.8) is 0 Å². The van der Waals surface area contributed by atoms with Crippen LogP contribution in [0.1, 0.15) is 33.0 Å². The monoisotopic (exact) mass is 349 g/mol. The summed E-state index contributed by atoms with van der Waals surface area (Å²) in [5.74, 6) is 1.41. The average Bonchev–Trinajstić information content (AvgIpc) is 2.72. The quantitative estimate of drug-likeness (QED) is 0.830. The number of carbonyl (C=O) groups is 1. The number of hydrogen-bond donors (Lipinski definition) is 1. The highest BCUT2D eigenvalue weighted by molar-refractivity contribution is 9.09. The number of carbonyl (C=O) groups excluding carboxylic acids is 1. The Balaban J connectivity index is 2.09. The van der Waals surface area contributed by atoms with Gasteiger partial charge in [0.2, 0.25) is 0 Å².